The van der Waals surface area contributed by atoms with Gasteiger partial charge in [-0.1, -0.05) is 26.7 Å². The standard InChI is InChI=1S/C15H30BN5O3/c1-4-8(5-2)12(19-7(3)22)11-10(20-15(17)18)6-9(14(23)24)13(11)21-16/h8-13,21H,4-6,16H2,1-3H3,(H,19,22)(H,23,24)(H4,17,18,20)/t9-,10+,11+,12+,13+/m0/s1. The summed E-state index contributed by atoms with van der Waals surface area (Å²) in [6, 6.07) is -0.772. The van der Waals surface area contributed by atoms with Gasteiger partial charge in [0.1, 0.15) is 0 Å². The van der Waals surface area contributed by atoms with Gasteiger partial charge in [0.15, 0.2) is 13.9 Å². The van der Waals surface area contributed by atoms with Gasteiger partial charge in [0, 0.05) is 31.0 Å². The van der Waals surface area contributed by atoms with Crippen LogP contribution in [0.1, 0.15) is 40.0 Å². The molecule has 7 N–H and O–H groups in total. The molecule has 0 heterocycles. The number of hydrogen-bond acceptors (Lipinski definition) is 4. The van der Waals surface area contributed by atoms with E-state index in [0.717, 1.165) is 12.8 Å². The second kappa shape index (κ2) is 8.91. The molecule has 0 aromatic heterocycles. The van der Waals surface area contributed by atoms with Crippen molar-refractivity contribution in [3.05, 3.63) is 0 Å². The van der Waals surface area contributed by atoms with E-state index < -0.39 is 11.9 Å². The summed E-state index contributed by atoms with van der Waals surface area (Å²) < 4.78 is 0. The number of aliphatic carboxylic acids is 1. The number of hydrogen-bond donors (Lipinski definition) is 6. The smallest absolute Gasteiger partial charge is 0.308 e. The second-order valence-electron chi connectivity index (χ2n) is 6.54. The van der Waals surface area contributed by atoms with Gasteiger partial charge in [0.2, 0.25) is 5.91 Å². The highest BCUT2D eigenvalue weighted by Gasteiger charge is 2.50. The van der Waals surface area contributed by atoms with Gasteiger partial charge in [-0.05, 0) is 12.3 Å². The van der Waals surface area contributed by atoms with Crippen LogP contribution in [0.3, 0.4) is 0 Å². The highest BCUT2D eigenvalue weighted by Crippen LogP contribution is 2.37. The molecule has 136 valence electrons. The van der Waals surface area contributed by atoms with Crippen LogP contribution in [-0.2, 0) is 9.59 Å². The third kappa shape index (κ3) is 4.62. The summed E-state index contributed by atoms with van der Waals surface area (Å²) in [5, 5.41) is 26.2. The van der Waals surface area contributed by atoms with Gasteiger partial charge in [-0.15, -0.1) is 0 Å². The van der Waals surface area contributed by atoms with Crippen molar-refractivity contribution >= 4 is 25.8 Å². The van der Waals surface area contributed by atoms with Crippen molar-refractivity contribution in [3.63, 3.8) is 0 Å². The van der Waals surface area contributed by atoms with E-state index in [1.165, 1.54) is 6.92 Å². The molecule has 0 aromatic carbocycles. The lowest BCUT2D eigenvalue weighted by Gasteiger charge is -2.38. The summed E-state index contributed by atoms with van der Waals surface area (Å²) in [6.45, 7) is 5.60. The number of guanidine groups is 1. The van der Waals surface area contributed by atoms with Crippen LogP contribution in [0.25, 0.3) is 0 Å². The molecular weight excluding hydrogens is 309 g/mol. The third-order valence-electron chi connectivity index (χ3n) is 5.15. The molecule has 0 unspecified atom stereocenters. The van der Waals surface area contributed by atoms with E-state index in [4.69, 9.17) is 11.1 Å². The molecule has 0 saturated heterocycles. The molecular formula is C15H30BN5O3. The minimum Gasteiger partial charge on any atom is -0.481 e. The second-order valence-corrected chi connectivity index (χ2v) is 6.54. The molecule has 0 bridgehead atoms. The Labute approximate surface area is 144 Å². The molecule has 24 heavy (non-hydrogen) atoms. The topological polar surface area (TPSA) is 140 Å². The first-order valence-electron chi connectivity index (χ1n) is 8.54. The lowest BCUT2D eigenvalue weighted by molar-refractivity contribution is -0.142. The Morgan fingerprint density at radius 2 is 1.96 bits per heavy atom. The Morgan fingerprint density at radius 1 is 1.38 bits per heavy atom. The maximum Gasteiger partial charge on any atom is 0.308 e. The molecule has 1 saturated carbocycles. The number of amides is 1. The lowest BCUT2D eigenvalue weighted by atomic mass is 9.79. The van der Waals surface area contributed by atoms with Crippen molar-refractivity contribution in [2.24, 2.45) is 23.5 Å². The Hall–Kier alpha value is -1.77. The molecule has 5 atom stereocenters. The summed E-state index contributed by atoms with van der Waals surface area (Å²) in [5.74, 6) is -1.74. The number of nitrogens with one attached hydrogen (secondary N) is 4. The van der Waals surface area contributed by atoms with Crippen molar-refractivity contribution < 1.29 is 14.7 Å². The molecule has 1 amide bonds. The van der Waals surface area contributed by atoms with Gasteiger partial charge in [-0.3, -0.25) is 15.0 Å². The van der Waals surface area contributed by atoms with Crippen LogP contribution in [-0.4, -0.2) is 49.0 Å². The molecule has 9 heteroatoms. The average molecular weight is 339 g/mol. The Kier molecular flexibility index (Phi) is 7.53. The molecule has 0 spiro atoms. The largest absolute Gasteiger partial charge is 0.481 e. The minimum atomic E-state index is -0.877. The fraction of sp³-hybridized carbons (Fsp3) is 0.800. The summed E-state index contributed by atoms with van der Waals surface area (Å²) in [5.41, 5.74) is 5.50. The number of carbonyl (C=O) groups excluding carboxylic acids is 1. The Bertz CT molecular complexity index is 472. The summed E-state index contributed by atoms with van der Waals surface area (Å²) in [7, 11) is 1.74. The maximum atomic E-state index is 11.8. The van der Waals surface area contributed by atoms with Crippen LogP contribution in [0.2, 0.25) is 0 Å². The SMILES string of the molecule is BN[C@H]1[C@@H]([C@H](NC(C)=O)C(CC)CC)[C@H](NC(=N)N)C[C@@H]1C(=O)O. The van der Waals surface area contributed by atoms with Crippen LogP contribution in [0.4, 0.5) is 0 Å². The summed E-state index contributed by atoms with van der Waals surface area (Å²) >= 11 is 0. The predicted octanol–water partition coefficient (Wildman–Crippen LogP) is -0.994. The molecule has 0 aliphatic heterocycles. The molecule has 1 aliphatic carbocycles. The fourth-order valence-electron chi connectivity index (χ4n) is 4.13. The van der Waals surface area contributed by atoms with Crippen molar-refractivity contribution in [1.82, 2.24) is 15.9 Å². The highest BCUT2D eigenvalue weighted by molar-refractivity contribution is 6.04. The van der Waals surface area contributed by atoms with Gasteiger partial charge in [0.05, 0.1) is 5.92 Å². The number of carbonyl (C=O) groups is 2. The monoisotopic (exact) mass is 339 g/mol. The minimum absolute atomic E-state index is 0.137. The van der Waals surface area contributed by atoms with E-state index in [-0.39, 0.29) is 41.8 Å². The van der Waals surface area contributed by atoms with Crippen LogP contribution in [0.5, 0.6) is 0 Å². The van der Waals surface area contributed by atoms with E-state index in [2.05, 4.69) is 29.7 Å². The molecule has 0 aromatic rings. The molecule has 1 aliphatic rings. The van der Waals surface area contributed by atoms with Crippen LogP contribution in [0.15, 0.2) is 0 Å². The lowest BCUT2D eigenvalue weighted by Crippen LogP contribution is -2.57. The van der Waals surface area contributed by atoms with Crippen molar-refractivity contribution in [3.8, 4) is 0 Å². The Morgan fingerprint density at radius 3 is 2.33 bits per heavy atom. The number of carboxylic acid groups (broad SMARTS) is 1. The average Bonchev–Trinajstić information content (AvgIpc) is 2.84. The zero-order valence-corrected chi connectivity index (χ0v) is 14.9. The zero-order chi connectivity index (χ0) is 18.4. The Balaban J connectivity index is 3.25. The zero-order valence-electron chi connectivity index (χ0n) is 14.9. The van der Waals surface area contributed by atoms with E-state index >= 15 is 0 Å². The summed E-state index contributed by atoms with van der Waals surface area (Å²) in [6.07, 6.45) is 2.11. The quantitative estimate of drug-likeness (QED) is 0.190. The van der Waals surface area contributed by atoms with Gasteiger partial charge < -0.3 is 26.7 Å². The van der Waals surface area contributed by atoms with Gasteiger partial charge in [-0.25, -0.2) is 0 Å². The van der Waals surface area contributed by atoms with E-state index in [1.807, 2.05) is 0 Å². The first kappa shape index (κ1) is 20.3. The van der Waals surface area contributed by atoms with E-state index in [9.17, 15) is 14.7 Å². The van der Waals surface area contributed by atoms with Crippen LogP contribution < -0.4 is 21.6 Å². The van der Waals surface area contributed by atoms with Gasteiger partial charge in [0.25, 0.3) is 0 Å². The highest BCUT2D eigenvalue weighted by atomic mass is 16.4. The first-order valence-corrected chi connectivity index (χ1v) is 8.54. The fourth-order valence-corrected chi connectivity index (χ4v) is 4.13. The molecule has 8 nitrogen and oxygen atoms in total. The summed E-state index contributed by atoms with van der Waals surface area (Å²) in [4.78, 5) is 23.4. The van der Waals surface area contributed by atoms with E-state index in [0.29, 0.717) is 6.42 Å². The van der Waals surface area contributed by atoms with Crippen molar-refractivity contribution in [2.75, 3.05) is 0 Å². The normalized spacial score (nSPS) is 27.7. The number of nitrogens with two attached hydrogens (primary N) is 1. The third-order valence-corrected chi connectivity index (χ3v) is 5.15. The predicted molar refractivity (Wildman–Crippen MR) is 95.2 cm³/mol. The molecule has 0 radical (unpaired) electrons. The number of rotatable bonds is 8. The van der Waals surface area contributed by atoms with Crippen LogP contribution in [0, 0.1) is 23.2 Å². The van der Waals surface area contributed by atoms with E-state index in [1.54, 1.807) is 7.98 Å². The molecule has 1 fully saturated rings. The maximum absolute atomic E-state index is 11.8. The number of carboxylic acids is 1. The van der Waals surface area contributed by atoms with Gasteiger partial charge in [-0.2, -0.15) is 0 Å². The van der Waals surface area contributed by atoms with Crippen LogP contribution >= 0.6 is 0 Å². The van der Waals surface area contributed by atoms with Crippen molar-refractivity contribution in [2.45, 2.75) is 58.2 Å². The molecule has 1 rings (SSSR count). The van der Waals surface area contributed by atoms with Crippen molar-refractivity contribution in [1.29, 1.82) is 5.41 Å². The van der Waals surface area contributed by atoms with Gasteiger partial charge >= 0.3 is 5.97 Å². The first-order chi connectivity index (χ1) is 11.3.